The fourth-order valence-electron chi connectivity index (χ4n) is 3.77. The van der Waals surface area contributed by atoms with Crippen LogP contribution in [0, 0.1) is 0 Å². The second-order valence-corrected chi connectivity index (χ2v) is 9.31. The molecular formula is C23H25ClN4O2S. The van der Waals surface area contributed by atoms with Crippen molar-refractivity contribution in [1.29, 1.82) is 0 Å². The molecule has 1 fully saturated rings. The van der Waals surface area contributed by atoms with Crippen LogP contribution in [0.3, 0.4) is 0 Å². The van der Waals surface area contributed by atoms with Gasteiger partial charge in [-0.05, 0) is 56.2 Å². The number of hydrogen-bond acceptors (Lipinski definition) is 5. The van der Waals surface area contributed by atoms with Gasteiger partial charge in [0.2, 0.25) is 5.91 Å². The van der Waals surface area contributed by atoms with E-state index < -0.39 is 0 Å². The van der Waals surface area contributed by atoms with Gasteiger partial charge in [0, 0.05) is 16.8 Å². The Morgan fingerprint density at radius 3 is 2.58 bits per heavy atom. The zero-order valence-electron chi connectivity index (χ0n) is 17.5. The first-order chi connectivity index (χ1) is 15.1. The smallest absolute Gasteiger partial charge is 0.233 e. The minimum Gasteiger partial charge on any atom is -0.496 e. The van der Waals surface area contributed by atoms with Gasteiger partial charge in [-0.25, -0.2) is 0 Å². The lowest BCUT2D eigenvalue weighted by atomic mass is 10.2. The molecule has 1 aliphatic rings. The van der Waals surface area contributed by atoms with Gasteiger partial charge in [0.25, 0.3) is 0 Å². The molecule has 6 nitrogen and oxygen atoms in total. The average Bonchev–Trinajstić information content (AvgIpc) is 3.44. The number of nitrogens with one attached hydrogen (secondary N) is 1. The predicted molar refractivity (Wildman–Crippen MR) is 124 cm³/mol. The van der Waals surface area contributed by atoms with Crippen molar-refractivity contribution in [2.45, 2.75) is 49.1 Å². The van der Waals surface area contributed by atoms with Crippen molar-refractivity contribution >= 4 is 29.3 Å². The van der Waals surface area contributed by atoms with Gasteiger partial charge in [-0.15, -0.1) is 10.2 Å². The first kappa shape index (κ1) is 21.7. The second-order valence-electron chi connectivity index (χ2n) is 7.57. The van der Waals surface area contributed by atoms with E-state index in [2.05, 4.69) is 15.5 Å². The Balaban J connectivity index is 1.68. The summed E-state index contributed by atoms with van der Waals surface area (Å²) in [5, 5.41) is 13.0. The van der Waals surface area contributed by atoms with Crippen LogP contribution in [0.15, 0.2) is 53.7 Å². The van der Waals surface area contributed by atoms with Crippen molar-refractivity contribution in [3.8, 4) is 22.8 Å². The summed E-state index contributed by atoms with van der Waals surface area (Å²) in [6.07, 6.45) is 4.48. The lowest BCUT2D eigenvalue weighted by Crippen LogP contribution is -2.37. The van der Waals surface area contributed by atoms with Gasteiger partial charge >= 0.3 is 0 Å². The maximum absolute atomic E-state index is 12.7. The van der Waals surface area contributed by atoms with Gasteiger partial charge in [0.05, 0.1) is 17.9 Å². The van der Waals surface area contributed by atoms with Crippen molar-refractivity contribution in [3.05, 3.63) is 53.6 Å². The molecule has 1 N–H and O–H groups in total. The number of para-hydroxylation sites is 1. The molecule has 31 heavy (non-hydrogen) atoms. The first-order valence-electron chi connectivity index (χ1n) is 10.4. The molecular weight excluding hydrogens is 432 g/mol. The van der Waals surface area contributed by atoms with Crippen molar-refractivity contribution in [2.75, 3.05) is 7.11 Å². The van der Waals surface area contributed by atoms with Gasteiger partial charge in [-0.2, -0.15) is 0 Å². The van der Waals surface area contributed by atoms with E-state index >= 15 is 0 Å². The Hall–Kier alpha value is -2.51. The third kappa shape index (κ3) is 4.88. The molecule has 0 spiro atoms. The van der Waals surface area contributed by atoms with E-state index in [0.29, 0.717) is 21.8 Å². The van der Waals surface area contributed by atoms with E-state index in [1.807, 2.05) is 60.0 Å². The molecule has 1 amide bonds. The quantitative estimate of drug-likeness (QED) is 0.499. The number of ether oxygens (including phenoxy) is 1. The number of amides is 1. The van der Waals surface area contributed by atoms with Gasteiger partial charge in [-0.1, -0.05) is 48.3 Å². The molecule has 1 unspecified atom stereocenters. The number of rotatable bonds is 7. The Kier molecular flexibility index (Phi) is 6.83. The highest BCUT2D eigenvalue weighted by atomic mass is 35.5. The summed E-state index contributed by atoms with van der Waals surface area (Å²) in [5.41, 5.74) is 1.68. The van der Waals surface area contributed by atoms with Crippen LogP contribution in [-0.4, -0.2) is 39.1 Å². The number of halogens is 1. The monoisotopic (exact) mass is 456 g/mol. The van der Waals surface area contributed by atoms with Crippen LogP contribution >= 0.6 is 23.4 Å². The van der Waals surface area contributed by atoms with Gasteiger partial charge in [0.15, 0.2) is 11.0 Å². The second kappa shape index (κ2) is 9.75. The van der Waals surface area contributed by atoms with Crippen LogP contribution in [0.1, 0.15) is 32.6 Å². The standard InChI is InChI=1S/C23H25ClN4O2S/c1-15(22(29)25-17-7-3-4-8-17)31-23-27-26-21(19-9-5-6-10-20(19)30-2)28(23)18-13-11-16(24)12-14-18/h5-6,9-15,17H,3-4,7-8H2,1-2H3,(H,25,29). The zero-order valence-corrected chi connectivity index (χ0v) is 19.1. The van der Waals surface area contributed by atoms with Crippen LogP contribution < -0.4 is 10.1 Å². The summed E-state index contributed by atoms with van der Waals surface area (Å²) in [4.78, 5) is 12.7. The molecule has 3 aromatic rings. The highest BCUT2D eigenvalue weighted by Gasteiger charge is 2.25. The highest BCUT2D eigenvalue weighted by molar-refractivity contribution is 8.00. The predicted octanol–water partition coefficient (Wildman–Crippen LogP) is 5.14. The summed E-state index contributed by atoms with van der Waals surface area (Å²) in [6, 6.07) is 15.4. The molecule has 1 saturated carbocycles. The van der Waals surface area contributed by atoms with Gasteiger partial charge in [0.1, 0.15) is 5.75 Å². The largest absolute Gasteiger partial charge is 0.496 e. The molecule has 1 aliphatic carbocycles. The maximum Gasteiger partial charge on any atom is 0.233 e. The number of carbonyl (C=O) groups is 1. The third-order valence-electron chi connectivity index (χ3n) is 5.42. The number of thioether (sulfide) groups is 1. The minimum atomic E-state index is -0.304. The third-order valence-corrected chi connectivity index (χ3v) is 6.71. The SMILES string of the molecule is COc1ccccc1-c1nnc(SC(C)C(=O)NC2CCCC2)n1-c1ccc(Cl)cc1. The highest BCUT2D eigenvalue weighted by Crippen LogP contribution is 2.34. The molecule has 1 heterocycles. The number of benzene rings is 2. The maximum atomic E-state index is 12.7. The fourth-order valence-corrected chi connectivity index (χ4v) is 4.78. The van der Waals surface area contributed by atoms with Crippen LogP contribution in [0.25, 0.3) is 17.1 Å². The van der Waals surface area contributed by atoms with Crippen LogP contribution in [-0.2, 0) is 4.79 Å². The Morgan fingerprint density at radius 2 is 1.87 bits per heavy atom. The van der Waals surface area contributed by atoms with E-state index in [4.69, 9.17) is 16.3 Å². The molecule has 0 aliphatic heterocycles. The summed E-state index contributed by atoms with van der Waals surface area (Å²) < 4.78 is 7.48. The number of aromatic nitrogens is 3. The van der Waals surface area contributed by atoms with E-state index in [1.165, 1.54) is 24.6 Å². The van der Waals surface area contributed by atoms with Gasteiger partial charge in [-0.3, -0.25) is 9.36 Å². The Labute approximate surface area is 191 Å². The molecule has 1 aromatic heterocycles. The van der Waals surface area contributed by atoms with E-state index in [-0.39, 0.29) is 17.2 Å². The molecule has 162 valence electrons. The summed E-state index contributed by atoms with van der Waals surface area (Å²) >= 11 is 7.50. The lowest BCUT2D eigenvalue weighted by Gasteiger charge is -2.17. The van der Waals surface area contributed by atoms with Crippen LogP contribution in [0.2, 0.25) is 5.02 Å². The molecule has 4 rings (SSSR count). The number of hydrogen-bond donors (Lipinski definition) is 1. The molecule has 8 heteroatoms. The van der Waals surface area contributed by atoms with Crippen LogP contribution in [0.4, 0.5) is 0 Å². The van der Waals surface area contributed by atoms with Crippen molar-refractivity contribution < 1.29 is 9.53 Å². The van der Waals surface area contributed by atoms with E-state index in [9.17, 15) is 4.79 Å². The minimum absolute atomic E-state index is 0.0291. The average molecular weight is 457 g/mol. The number of carbonyl (C=O) groups excluding carboxylic acids is 1. The summed E-state index contributed by atoms with van der Waals surface area (Å²) in [6.45, 7) is 1.90. The number of nitrogens with zero attached hydrogens (tertiary/aromatic N) is 3. The Morgan fingerprint density at radius 1 is 1.16 bits per heavy atom. The van der Waals surface area contributed by atoms with Crippen molar-refractivity contribution in [1.82, 2.24) is 20.1 Å². The van der Waals surface area contributed by atoms with E-state index in [1.54, 1.807) is 7.11 Å². The topological polar surface area (TPSA) is 69.0 Å². The van der Waals surface area contributed by atoms with Crippen LogP contribution in [0.5, 0.6) is 5.75 Å². The molecule has 0 saturated heterocycles. The summed E-state index contributed by atoms with van der Waals surface area (Å²) in [7, 11) is 1.63. The molecule has 1 atom stereocenters. The van der Waals surface area contributed by atoms with E-state index in [0.717, 1.165) is 24.1 Å². The zero-order chi connectivity index (χ0) is 21.8. The molecule has 0 radical (unpaired) electrons. The van der Waals surface area contributed by atoms with Crippen molar-refractivity contribution in [2.24, 2.45) is 0 Å². The Bertz CT molecular complexity index is 1050. The molecule has 0 bridgehead atoms. The molecule has 2 aromatic carbocycles. The normalized spacial score (nSPS) is 15.1. The summed E-state index contributed by atoms with van der Waals surface area (Å²) in [5.74, 6) is 1.38. The van der Waals surface area contributed by atoms with Crippen molar-refractivity contribution in [3.63, 3.8) is 0 Å². The fraction of sp³-hybridized carbons (Fsp3) is 0.348. The number of methoxy groups -OCH3 is 1. The first-order valence-corrected chi connectivity index (χ1v) is 11.6. The lowest BCUT2D eigenvalue weighted by molar-refractivity contribution is -0.120. The van der Waals surface area contributed by atoms with Gasteiger partial charge < -0.3 is 10.1 Å².